The first kappa shape index (κ1) is 14.1. The average Bonchev–Trinajstić information content (AvgIpc) is 2.66. The molecule has 0 radical (unpaired) electrons. The molecule has 1 heterocycles. The largest absolute Gasteiger partial charge is 0.375 e. The van der Waals surface area contributed by atoms with Crippen LogP contribution < -0.4 is 5.32 Å². The maximum Gasteiger partial charge on any atom is 0.140 e. The Morgan fingerprint density at radius 1 is 1.41 bits per heavy atom. The second kappa shape index (κ2) is 6.71. The lowest BCUT2D eigenvalue weighted by molar-refractivity contribution is -0.00912. The minimum Gasteiger partial charge on any atom is -0.375 e. The number of aryl methyl sites for hydroxylation is 1. The minimum absolute atomic E-state index is 0.135. The normalized spacial score (nSPS) is 12.0. The molecular formula is C12H24N4O. The van der Waals surface area contributed by atoms with Crippen LogP contribution in [0.15, 0.2) is 6.33 Å². The van der Waals surface area contributed by atoms with Gasteiger partial charge in [0.05, 0.1) is 12.1 Å². The molecule has 0 aliphatic carbocycles. The summed E-state index contributed by atoms with van der Waals surface area (Å²) in [6, 6.07) is 0. The lowest BCUT2D eigenvalue weighted by atomic mass is 10.1. The molecule has 98 valence electrons. The van der Waals surface area contributed by atoms with Gasteiger partial charge in [0.25, 0.3) is 0 Å². The van der Waals surface area contributed by atoms with Crippen LogP contribution in [0.2, 0.25) is 0 Å². The average molecular weight is 240 g/mol. The van der Waals surface area contributed by atoms with E-state index in [1.54, 1.807) is 6.33 Å². The highest BCUT2D eigenvalue weighted by Crippen LogP contribution is 2.07. The van der Waals surface area contributed by atoms with Crippen molar-refractivity contribution in [2.24, 2.45) is 0 Å². The number of nitrogens with one attached hydrogen (secondary N) is 1. The van der Waals surface area contributed by atoms with Gasteiger partial charge in [0.2, 0.25) is 0 Å². The van der Waals surface area contributed by atoms with Crippen LogP contribution in [0.3, 0.4) is 0 Å². The Hall–Kier alpha value is -0.940. The van der Waals surface area contributed by atoms with Crippen molar-refractivity contribution in [3.05, 3.63) is 12.2 Å². The Morgan fingerprint density at radius 2 is 2.18 bits per heavy atom. The van der Waals surface area contributed by atoms with Crippen LogP contribution in [0.5, 0.6) is 0 Å². The van der Waals surface area contributed by atoms with Gasteiger partial charge in [0, 0.05) is 19.7 Å². The molecule has 0 saturated heterocycles. The Labute approximate surface area is 104 Å². The molecule has 0 amide bonds. The van der Waals surface area contributed by atoms with Crippen molar-refractivity contribution in [2.45, 2.75) is 52.8 Å². The molecular weight excluding hydrogens is 216 g/mol. The molecule has 0 fully saturated rings. The summed E-state index contributed by atoms with van der Waals surface area (Å²) < 4.78 is 7.57. The molecule has 0 saturated carbocycles. The third-order valence-corrected chi connectivity index (χ3v) is 2.50. The summed E-state index contributed by atoms with van der Waals surface area (Å²) in [6.07, 6.45) is 2.68. The Morgan fingerprint density at radius 3 is 2.82 bits per heavy atom. The van der Waals surface area contributed by atoms with E-state index in [0.717, 1.165) is 38.5 Å². The fourth-order valence-electron chi connectivity index (χ4n) is 1.74. The van der Waals surface area contributed by atoms with Crippen molar-refractivity contribution in [3.8, 4) is 0 Å². The van der Waals surface area contributed by atoms with Crippen LogP contribution >= 0.6 is 0 Å². The summed E-state index contributed by atoms with van der Waals surface area (Å²) in [5.41, 5.74) is -0.135. The van der Waals surface area contributed by atoms with Gasteiger partial charge in [0.1, 0.15) is 12.2 Å². The number of hydrogen-bond acceptors (Lipinski definition) is 4. The van der Waals surface area contributed by atoms with Gasteiger partial charge in [0.15, 0.2) is 0 Å². The first-order valence-corrected chi connectivity index (χ1v) is 6.30. The Balaban J connectivity index is 2.37. The van der Waals surface area contributed by atoms with Crippen molar-refractivity contribution in [1.29, 1.82) is 0 Å². The highest BCUT2D eigenvalue weighted by Gasteiger charge is 2.17. The summed E-state index contributed by atoms with van der Waals surface area (Å²) in [6.45, 7) is 11.5. The van der Waals surface area contributed by atoms with Gasteiger partial charge in [-0.3, -0.25) is 0 Å². The Bertz CT molecular complexity index is 322. The number of nitrogens with zero attached hydrogens (tertiary/aromatic N) is 3. The molecule has 0 aliphatic heterocycles. The van der Waals surface area contributed by atoms with Crippen LogP contribution in [0.4, 0.5) is 0 Å². The van der Waals surface area contributed by atoms with E-state index in [2.05, 4.69) is 36.2 Å². The maximum absolute atomic E-state index is 5.62. The van der Waals surface area contributed by atoms with Crippen LogP contribution in [0, 0.1) is 0 Å². The molecule has 5 heteroatoms. The van der Waals surface area contributed by atoms with E-state index in [-0.39, 0.29) is 5.60 Å². The standard InChI is InChI=1S/C12H24N4O/c1-5-7-16-11(14-10-15-16)8-13-9-12(3,4)17-6-2/h10,13H,5-9H2,1-4H3. The summed E-state index contributed by atoms with van der Waals surface area (Å²) in [7, 11) is 0. The van der Waals surface area contributed by atoms with E-state index in [9.17, 15) is 0 Å². The Kier molecular flexibility index (Phi) is 5.58. The molecule has 5 nitrogen and oxygen atoms in total. The molecule has 0 atom stereocenters. The van der Waals surface area contributed by atoms with E-state index in [4.69, 9.17) is 4.74 Å². The van der Waals surface area contributed by atoms with Crippen LogP contribution in [0.1, 0.15) is 39.9 Å². The summed E-state index contributed by atoms with van der Waals surface area (Å²) in [4.78, 5) is 4.25. The van der Waals surface area contributed by atoms with Crippen molar-refractivity contribution >= 4 is 0 Å². The first-order chi connectivity index (χ1) is 8.09. The molecule has 17 heavy (non-hydrogen) atoms. The number of ether oxygens (including phenoxy) is 1. The van der Waals surface area contributed by atoms with Crippen molar-refractivity contribution in [3.63, 3.8) is 0 Å². The molecule has 1 aromatic heterocycles. The smallest absolute Gasteiger partial charge is 0.140 e. The molecule has 0 unspecified atom stereocenters. The predicted octanol–water partition coefficient (Wildman–Crippen LogP) is 1.59. The third-order valence-electron chi connectivity index (χ3n) is 2.50. The lowest BCUT2D eigenvalue weighted by Gasteiger charge is -2.24. The van der Waals surface area contributed by atoms with E-state index in [1.807, 2.05) is 11.6 Å². The van der Waals surface area contributed by atoms with Gasteiger partial charge in [-0.15, -0.1) is 0 Å². The van der Waals surface area contributed by atoms with Crippen LogP contribution in [0.25, 0.3) is 0 Å². The second-order valence-corrected chi connectivity index (χ2v) is 4.70. The highest BCUT2D eigenvalue weighted by atomic mass is 16.5. The van der Waals surface area contributed by atoms with E-state index in [1.165, 1.54) is 0 Å². The zero-order chi connectivity index (χ0) is 12.7. The SMILES string of the molecule is CCCn1ncnc1CNCC(C)(C)OCC. The van der Waals surface area contributed by atoms with Gasteiger partial charge in [-0.05, 0) is 27.2 Å². The summed E-state index contributed by atoms with van der Waals surface area (Å²) >= 11 is 0. The molecule has 0 aromatic carbocycles. The van der Waals surface area contributed by atoms with Crippen molar-refractivity contribution in [1.82, 2.24) is 20.1 Å². The van der Waals surface area contributed by atoms with E-state index >= 15 is 0 Å². The fourth-order valence-corrected chi connectivity index (χ4v) is 1.74. The fraction of sp³-hybridized carbons (Fsp3) is 0.833. The van der Waals surface area contributed by atoms with Gasteiger partial charge < -0.3 is 10.1 Å². The van der Waals surface area contributed by atoms with Crippen LogP contribution in [-0.4, -0.2) is 33.5 Å². The van der Waals surface area contributed by atoms with Gasteiger partial charge in [-0.25, -0.2) is 9.67 Å². The molecule has 1 aromatic rings. The monoisotopic (exact) mass is 240 g/mol. The van der Waals surface area contributed by atoms with Gasteiger partial charge in [-0.2, -0.15) is 5.10 Å². The van der Waals surface area contributed by atoms with E-state index < -0.39 is 0 Å². The number of rotatable bonds is 8. The lowest BCUT2D eigenvalue weighted by Crippen LogP contribution is -2.37. The van der Waals surface area contributed by atoms with Crippen molar-refractivity contribution < 1.29 is 4.74 Å². The van der Waals surface area contributed by atoms with E-state index in [0.29, 0.717) is 0 Å². The predicted molar refractivity (Wildman–Crippen MR) is 67.7 cm³/mol. The zero-order valence-corrected chi connectivity index (χ0v) is 11.4. The number of hydrogen-bond donors (Lipinski definition) is 1. The molecule has 0 aliphatic rings. The zero-order valence-electron chi connectivity index (χ0n) is 11.4. The molecule has 1 N–H and O–H groups in total. The molecule has 0 bridgehead atoms. The molecule has 0 spiro atoms. The minimum atomic E-state index is -0.135. The third kappa shape index (κ3) is 4.83. The van der Waals surface area contributed by atoms with Gasteiger partial charge >= 0.3 is 0 Å². The first-order valence-electron chi connectivity index (χ1n) is 6.30. The topological polar surface area (TPSA) is 52.0 Å². The van der Waals surface area contributed by atoms with Crippen LogP contribution in [-0.2, 0) is 17.8 Å². The van der Waals surface area contributed by atoms with Crippen molar-refractivity contribution in [2.75, 3.05) is 13.2 Å². The summed E-state index contributed by atoms with van der Waals surface area (Å²) in [5.74, 6) is 0.985. The number of aromatic nitrogens is 3. The van der Waals surface area contributed by atoms with Gasteiger partial charge in [-0.1, -0.05) is 6.92 Å². The maximum atomic E-state index is 5.62. The highest BCUT2D eigenvalue weighted by molar-refractivity contribution is 4.85. The second-order valence-electron chi connectivity index (χ2n) is 4.70. The molecule has 1 rings (SSSR count). The summed E-state index contributed by atoms with van der Waals surface area (Å²) in [5, 5.41) is 7.56. The quantitative estimate of drug-likeness (QED) is 0.750.